The molecule has 36 heavy (non-hydrogen) atoms. The maximum Gasteiger partial charge on any atom is 0.162 e. The van der Waals surface area contributed by atoms with Crippen LogP contribution in [-0.2, 0) is 0 Å². The fraction of sp³-hybridized carbons (Fsp3) is 0.367. The number of nitrogens with zero attached hydrogens (tertiary/aromatic N) is 3. The van der Waals surface area contributed by atoms with Gasteiger partial charge in [0.05, 0.1) is 23.4 Å². The number of hydrogen-bond acceptors (Lipinski definition) is 6. The largest absolute Gasteiger partial charge is 0.493 e. The third-order valence-corrected chi connectivity index (χ3v) is 7.51. The monoisotopic (exact) mass is 505 g/mol. The molecule has 1 fully saturated rings. The standard InChI is InChI=1S/C28H33N3O2S.C2H6/c1-20-8-10-22(11-9-20)27-19-24(29-3)28(34-27)21(2)30(4)23-12-13-25(26(18-23)32-5)33-17-16-31-14-6-7-15-31;1-2/h8-13,18-19H,2-3,6-7,14-17H2,1,4-5H3;1-2H3. The smallest absolute Gasteiger partial charge is 0.162 e. The van der Waals surface area contributed by atoms with Gasteiger partial charge in [0.2, 0.25) is 0 Å². The van der Waals surface area contributed by atoms with Crippen LogP contribution in [0.25, 0.3) is 16.1 Å². The fourth-order valence-electron chi connectivity index (χ4n) is 4.15. The van der Waals surface area contributed by atoms with E-state index in [1.807, 2.05) is 39.1 Å². The van der Waals surface area contributed by atoms with E-state index in [1.54, 1.807) is 18.4 Å². The summed E-state index contributed by atoms with van der Waals surface area (Å²) in [6.45, 7) is 18.2. The average Bonchev–Trinajstić information content (AvgIpc) is 3.60. The second-order valence-corrected chi connectivity index (χ2v) is 9.64. The molecule has 0 spiro atoms. The summed E-state index contributed by atoms with van der Waals surface area (Å²) in [7, 11) is 3.68. The Morgan fingerprint density at radius 2 is 1.75 bits per heavy atom. The number of aryl methyl sites for hydroxylation is 1. The predicted octanol–water partition coefficient (Wildman–Crippen LogP) is 7.67. The van der Waals surface area contributed by atoms with Crippen molar-refractivity contribution in [1.29, 1.82) is 0 Å². The van der Waals surface area contributed by atoms with Gasteiger partial charge in [0.25, 0.3) is 0 Å². The molecule has 6 heteroatoms. The molecule has 0 unspecified atom stereocenters. The molecule has 0 bridgehead atoms. The van der Waals surface area contributed by atoms with Crippen molar-refractivity contribution in [3.8, 4) is 21.9 Å². The van der Waals surface area contributed by atoms with E-state index in [2.05, 4.69) is 65.3 Å². The highest BCUT2D eigenvalue weighted by Crippen LogP contribution is 2.42. The van der Waals surface area contributed by atoms with Gasteiger partial charge in [-0.3, -0.25) is 9.89 Å². The Morgan fingerprint density at radius 1 is 1.06 bits per heavy atom. The van der Waals surface area contributed by atoms with E-state index < -0.39 is 0 Å². The number of likely N-dealkylation sites (tertiary alicyclic amines) is 1. The first-order valence-electron chi connectivity index (χ1n) is 12.6. The molecule has 0 aliphatic carbocycles. The second kappa shape index (κ2) is 13.3. The summed E-state index contributed by atoms with van der Waals surface area (Å²) in [4.78, 5) is 10.9. The van der Waals surface area contributed by atoms with Crippen molar-refractivity contribution < 1.29 is 9.47 Å². The number of aliphatic imine (C=N–C) groups is 1. The molecule has 4 rings (SSSR count). The molecule has 0 N–H and O–H groups in total. The Hall–Kier alpha value is -3.09. The zero-order chi connectivity index (χ0) is 26.1. The van der Waals surface area contributed by atoms with E-state index >= 15 is 0 Å². The van der Waals surface area contributed by atoms with Crippen LogP contribution < -0.4 is 14.4 Å². The summed E-state index contributed by atoms with van der Waals surface area (Å²) < 4.78 is 11.7. The van der Waals surface area contributed by atoms with Gasteiger partial charge in [0, 0.05) is 30.2 Å². The Balaban J connectivity index is 0.00000176. The molecule has 1 aromatic heterocycles. The summed E-state index contributed by atoms with van der Waals surface area (Å²) in [5.74, 6) is 1.47. The molecular weight excluding hydrogens is 466 g/mol. The highest BCUT2D eigenvalue weighted by atomic mass is 32.1. The summed E-state index contributed by atoms with van der Waals surface area (Å²) >= 11 is 1.67. The van der Waals surface area contributed by atoms with Crippen molar-refractivity contribution in [2.75, 3.05) is 45.3 Å². The second-order valence-electron chi connectivity index (χ2n) is 8.59. The van der Waals surface area contributed by atoms with Gasteiger partial charge in [-0.15, -0.1) is 11.3 Å². The first-order valence-corrected chi connectivity index (χ1v) is 13.5. The quantitative estimate of drug-likeness (QED) is 0.265. The lowest BCUT2D eigenvalue weighted by molar-refractivity contribution is 0.230. The minimum Gasteiger partial charge on any atom is -0.493 e. The van der Waals surface area contributed by atoms with E-state index in [0.29, 0.717) is 12.4 Å². The lowest BCUT2D eigenvalue weighted by Gasteiger charge is -2.23. The molecule has 0 saturated carbocycles. The van der Waals surface area contributed by atoms with Crippen LogP contribution in [0.3, 0.4) is 0 Å². The molecule has 192 valence electrons. The minimum absolute atomic E-state index is 0.656. The van der Waals surface area contributed by atoms with Crippen LogP contribution in [0, 0.1) is 6.92 Å². The number of anilines is 1. The predicted molar refractivity (Wildman–Crippen MR) is 157 cm³/mol. The Morgan fingerprint density at radius 3 is 2.39 bits per heavy atom. The summed E-state index contributed by atoms with van der Waals surface area (Å²) in [6, 6.07) is 16.6. The van der Waals surface area contributed by atoms with Crippen LogP contribution in [0.1, 0.15) is 37.1 Å². The zero-order valence-electron chi connectivity index (χ0n) is 22.3. The highest BCUT2D eigenvalue weighted by Gasteiger charge is 2.18. The normalized spacial score (nSPS) is 13.0. The fourth-order valence-corrected chi connectivity index (χ4v) is 5.28. The van der Waals surface area contributed by atoms with Gasteiger partial charge >= 0.3 is 0 Å². The third-order valence-electron chi connectivity index (χ3n) is 6.28. The van der Waals surface area contributed by atoms with Gasteiger partial charge in [-0.1, -0.05) is 50.3 Å². The van der Waals surface area contributed by atoms with Gasteiger partial charge in [-0.05, 0) is 63.3 Å². The maximum absolute atomic E-state index is 6.04. The number of hydrogen-bond donors (Lipinski definition) is 0. The van der Waals surface area contributed by atoms with E-state index in [0.717, 1.165) is 39.1 Å². The van der Waals surface area contributed by atoms with Gasteiger partial charge in [0.15, 0.2) is 11.5 Å². The number of methoxy groups -OCH3 is 1. The highest BCUT2D eigenvalue weighted by molar-refractivity contribution is 7.17. The van der Waals surface area contributed by atoms with Crippen LogP contribution in [0.5, 0.6) is 11.5 Å². The first kappa shape index (κ1) is 27.5. The minimum atomic E-state index is 0.656. The van der Waals surface area contributed by atoms with Crippen molar-refractivity contribution in [2.24, 2.45) is 4.99 Å². The molecule has 2 heterocycles. The molecule has 5 nitrogen and oxygen atoms in total. The van der Waals surface area contributed by atoms with E-state index in [4.69, 9.17) is 9.47 Å². The van der Waals surface area contributed by atoms with E-state index in [9.17, 15) is 0 Å². The van der Waals surface area contributed by atoms with Gasteiger partial charge in [-0.25, -0.2) is 0 Å². The summed E-state index contributed by atoms with van der Waals surface area (Å²) in [5.41, 5.74) is 5.07. The molecule has 3 aromatic rings. The van der Waals surface area contributed by atoms with Crippen LogP contribution in [-0.4, -0.2) is 52.0 Å². The average molecular weight is 506 g/mol. The van der Waals surface area contributed by atoms with Gasteiger partial charge < -0.3 is 14.4 Å². The molecule has 1 aliphatic rings. The van der Waals surface area contributed by atoms with Crippen LogP contribution in [0.2, 0.25) is 0 Å². The lowest BCUT2D eigenvalue weighted by atomic mass is 10.1. The molecule has 1 saturated heterocycles. The van der Waals surface area contributed by atoms with Crippen LogP contribution >= 0.6 is 11.3 Å². The van der Waals surface area contributed by atoms with Crippen molar-refractivity contribution in [2.45, 2.75) is 33.6 Å². The van der Waals surface area contributed by atoms with Crippen LogP contribution in [0.15, 0.2) is 60.1 Å². The lowest BCUT2D eigenvalue weighted by Crippen LogP contribution is -2.25. The zero-order valence-corrected chi connectivity index (χ0v) is 23.2. The van der Waals surface area contributed by atoms with Crippen molar-refractivity contribution in [1.82, 2.24) is 4.90 Å². The molecule has 0 atom stereocenters. The van der Waals surface area contributed by atoms with Gasteiger partial charge in [-0.2, -0.15) is 0 Å². The van der Waals surface area contributed by atoms with Crippen molar-refractivity contribution in [3.63, 3.8) is 0 Å². The van der Waals surface area contributed by atoms with Crippen molar-refractivity contribution in [3.05, 3.63) is 65.6 Å². The Bertz CT molecular complexity index is 1150. The van der Waals surface area contributed by atoms with E-state index in [1.165, 1.54) is 37.1 Å². The van der Waals surface area contributed by atoms with Crippen molar-refractivity contribution >= 4 is 35.1 Å². The molecule has 0 amide bonds. The topological polar surface area (TPSA) is 37.3 Å². The molecule has 2 aromatic carbocycles. The number of thiophene rings is 1. The Kier molecular flexibility index (Phi) is 10.1. The first-order chi connectivity index (χ1) is 17.5. The van der Waals surface area contributed by atoms with Gasteiger partial charge in [0.1, 0.15) is 6.61 Å². The summed E-state index contributed by atoms with van der Waals surface area (Å²) in [6.07, 6.45) is 2.57. The summed E-state index contributed by atoms with van der Waals surface area (Å²) in [5, 5.41) is 0. The SMILES string of the molecule is C=Nc1cc(-c2ccc(C)cc2)sc1C(=C)N(C)c1ccc(OCCN2CCCC2)c(OC)c1.CC. The number of benzene rings is 2. The molecular formula is C30H39N3O2S. The molecule has 0 radical (unpaired) electrons. The number of rotatable bonds is 10. The van der Waals surface area contributed by atoms with Crippen LogP contribution in [0.4, 0.5) is 11.4 Å². The Labute approximate surface area is 220 Å². The maximum atomic E-state index is 6.04. The molecule has 1 aliphatic heterocycles. The number of ether oxygens (including phenoxy) is 2. The third kappa shape index (κ3) is 6.56. The van der Waals surface area contributed by atoms with E-state index in [-0.39, 0.29) is 0 Å².